The Morgan fingerprint density at radius 3 is 2.42 bits per heavy atom. The molecular formula is C27H34FN5O5. The number of carbonyl (C=O) groups excluding carboxylic acids is 2. The maximum Gasteiger partial charge on any atom is 0.414 e. The molecule has 2 N–H and O–H groups in total. The average Bonchev–Trinajstić information content (AvgIpc) is 3.34. The molecule has 0 radical (unpaired) electrons. The Labute approximate surface area is 221 Å². The minimum Gasteiger partial charge on any atom is -0.484 e. The van der Waals surface area contributed by atoms with E-state index >= 15 is 0 Å². The lowest BCUT2D eigenvalue weighted by atomic mass is 10.2. The van der Waals surface area contributed by atoms with Crippen LogP contribution in [0.5, 0.6) is 5.75 Å². The van der Waals surface area contributed by atoms with Gasteiger partial charge in [-0.2, -0.15) is 0 Å². The summed E-state index contributed by atoms with van der Waals surface area (Å²) in [5, 5.41) is 0. The summed E-state index contributed by atoms with van der Waals surface area (Å²) in [4.78, 5) is 32.1. The van der Waals surface area contributed by atoms with Crippen LogP contribution >= 0.6 is 0 Å². The molecule has 0 saturated carbocycles. The van der Waals surface area contributed by atoms with Crippen LogP contribution in [-0.2, 0) is 20.8 Å². The van der Waals surface area contributed by atoms with Crippen LogP contribution in [0.2, 0.25) is 0 Å². The lowest BCUT2D eigenvalue weighted by Crippen LogP contribution is -2.50. The van der Waals surface area contributed by atoms with Gasteiger partial charge in [-0.1, -0.05) is 12.1 Å². The zero-order valence-electron chi connectivity index (χ0n) is 21.4. The quantitative estimate of drug-likeness (QED) is 0.554. The first-order chi connectivity index (χ1) is 18.5. The number of halogens is 1. The molecule has 10 nitrogen and oxygen atoms in total. The van der Waals surface area contributed by atoms with E-state index in [1.165, 1.54) is 16.5 Å². The van der Waals surface area contributed by atoms with Gasteiger partial charge in [-0.05, 0) is 35.9 Å². The summed E-state index contributed by atoms with van der Waals surface area (Å²) in [6.45, 7) is 6.70. The number of nitrogens with zero attached hydrogens (tertiary/aromatic N) is 4. The van der Waals surface area contributed by atoms with E-state index in [2.05, 4.69) is 4.90 Å². The number of benzene rings is 2. The van der Waals surface area contributed by atoms with Gasteiger partial charge in [0.05, 0.1) is 31.1 Å². The van der Waals surface area contributed by atoms with Crippen LogP contribution in [0.15, 0.2) is 42.5 Å². The number of carbonyl (C=O) groups is 2. The number of morpholine rings is 1. The third kappa shape index (κ3) is 6.17. The van der Waals surface area contributed by atoms with E-state index in [1.54, 1.807) is 17.0 Å². The Morgan fingerprint density at radius 1 is 1.03 bits per heavy atom. The van der Waals surface area contributed by atoms with Gasteiger partial charge in [0.25, 0.3) is 5.91 Å². The third-order valence-corrected chi connectivity index (χ3v) is 7.15. The van der Waals surface area contributed by atoms with E-state index in [1.807, 2.05) is 29.2 Å². The summed E-state index contributed by atoms with van der Waals surface area (Å²) in [7, 11) is 0. The highest BCUT2D eigenvalue weighted by Gasteiger charge is 2.32. The van der Waals surface area contributed by atoms with Crippen molar-refractivity contribution < 1.29 is 28.2 Å². The van der Waals surface area contributed by atoms with Crippen LogP contribution in [0.4, 0.5) is 20.6 Å². The van der Waals surface area contributed by atoms with Gasteiger partial charge in [-0.3, -0.25) is 14.6 Å². The zero-order chi connectivity index (χ0) is 26.5. The molecule has 3 fully saturated rings. The Kier molecular flexibility index (Phi) is 8.26. The maximum atomic E-state index is 15.0. The van der Waals surface area contributed by atoms with Gasteiger partial charge in [0.2, 0.25) is 0 Å². The van der Waals surface area contributed by atoms with E-state index in [0.717, 1.165) is 32.8 Å². The molecule has 2 aromatic rings. The van der Waals surface area contributed by atoms with E-state index in [-0.39, 0.29) is 25.2 Å². The second-order valence-electron chi connectivity index (χ2n) is 9.68. The molecule has 3 aliphatic rings. The third-order valence-electron chi connectivity index (χ3n) is 7.15. The van der Waals surface area contributed by atoms with Crippen molar-refractivity contribution in [1.82, 2.24) is 9.80 Å². The normalized spacial score (nSPS) is 20.5. The van der Waals surface area contributed by atoms with E-state index in [9.17, 15) is 14.0 Å². The van der Waals surface area contributed by atoms with Gasteiger partial charge < -0.3 is 29.7 Å². The standard InChI is InChI=1S/C27H34FN5O5/c28-24-15-21(33-18-23(16-29)38-27(33)35)3-6-25(24)31-7-9-32(10-8-31)26(34)19-37-22-4-1-20(2-5-22)17-30-11-13-36-14-12-30/h1-6,15,23H,7-14,16-19,29H2/t23-/m0/s1. The fourth-order valence-corrected chi connectivity index (χ4v) is 4.92. The van der Waals surface area contributed by atoms with Crippen molar-refractivity contribution in [3.05, 3.63) is 53.8 Å². The molecule has 0 aromatic heterocycles. The predicted molar refractivity (Wildman–Crippen MR) is 140 cm³/mol. The topological polar surface area (TPSA) is 101 Å². The minimum absolute atomic E-state index is 0.0401. The first-order valence-corrected chi connectivity index (χ1v) is 13.0. The van der Waals surface area contributed by atoms with Gasteiger partial charge in [-0.15, -0.1) is 0 Å². The number of hydrogen-bond acceptors (Lipinski definition) is 8. The number of piperazine rings is 1. The second kappa shape index (κ2) is 12.0. The zero-order valence-corrected chi connectivity index (χ0v) is 21.4. The summed E-state index contributed by atoms with van der Waals surface area (Å²) in [6, 6.07) is 12.5. The molecule has 2 aromatic carbocycles. The Bertz CT molecular complexity index is 1120. The molecule has 0 aliphatic carbocycles. The molecule has 3 saturated heterocycles. The fourth-order valence-electron chi connectivity index (χ4n) is 4.92. The fraction of sp³-hybridized carbons (Fsp3) is 0.481. The van der Waals surface area contributed by atoms with Crippen molar-refractivity contribution in [3.63, 3.8) is 0 Å². The van der Waals surface area contributed by atoms with Crippen molar-refractivity contribution in [2.45, 2.75) is 12.6 Å². The number of rotatable bonds is 8. The summed E-state index contributed by atoms with van der Waals surface area (Å²) in [5.74, 6) is 0.135. The van der Waals surface area contributed by atoms with Crippen molar-refractivity contribution >= 4 is 23.4 Å². The van der Waals surface area contributed by atoms with Crippen molar-refractivity contribution in [1.29, 1.82) is 0 Å². The second-order valence-corrected chi connectivity index (χ2v) is 9.68. The van der Waals surface area contributed by atoms with Crippen molar-refractivity contribution in [2.75, 3.05) is 82.0 Å². The van der Waals surface area contributed by atoms with Crippen LogP contribution in [-0.4, -0.2) is 100 Å². The number of nitrogens with two attached hydrogens (primary N) is 1. The number of ether oxygens (including phenoxy) is 3. The van der Waals surface area contributed by atoms with Gasteiger partial charge in [0, 0.05) is 52.4 Å². The largest absolute Gasteiger partial charge is 0.484 e. The molecule has 3 aliphatic heterocycles. The molecule has 0 bridgehead atoms. The maximum absolute atomic E-state index is 15.0. The molecular weight excluding hydrogens is 493 g/mol. The van der Waals surface area contributed by atoms with Gasteiger partial charge in [-0.25, -0.2) is 9.18 Å². The van der Waals surface area contributed by atoms with Crippen LogP contribution < -0.4 is 20.3 Å². The van der Waals surface area contributed by atoms with E-state index in [0.29, 0.717) is 49.8 Å². The number of hydrogen-bond donors (Lipinski definition) is 1. The lowest BCUT2D eigenvalue weighted by Gasteiger charge is -2.36. The van der Waals surface area contributed by atoms with Crippen LogP contribution in [0.1, 0.15) is 5.56 Å². The Balaban J connectivity index is 1.08. The summed E-state index contributed by atoms with van der Waals surface area (Å²) >= 11 is 0. The highest BCUT2D eigenvalue weighted by Crippen LogP contribution is 2.28. The molecule has 204 valence electrons. The predicted octanol–water partition coefficient (Wildman–Crippen LogP) is 1.67. The highest BCUT2D eigenvalue weighted by molar-refractivity contribution is 5.90. The average molecular weight is 528 g/mol. The van der Waals surface area contributed by atoms with Gasteiger partial charge in [0.15, 0.2) is 6.61 Å². The summed E-state index contributed by atoms with van der Waals surface area (Å²) in [5.41, 5.74) is 7.65. The molecule has 5 rings (SSSR count). The minimum atomic E-state index is -0.522. The number of amides is 2. The number of cyclic esters (lactones) is 1. The molecule has 0 spiro atoms. The Hall–Kier alpha value is -3.41. The van der Waals surface area contributed by atoms with Crippen LogP contribution in [0.3, 0.4) is 0 Å². The first-order valence-electron chi connectivity index (χ1n) is 13.0. The van der Waals surface area contributed by atoms with Gasteiger partial charge in [0.1, 0.15) is 17.7 Å². The van der Waals surface area contributed by atoms with E-state index in [4.69, 9.17) is 19.9 Å². The van der Waals surface area contributed by atoms with E-state index < -0.39 is 11.9 Å². The monoisotopic (exact) mass is 527 g/mol. The van der Waals surface area contributed by atoms with Crippen LogP contribution in [0.25, 0.3) is 0 Å². The smallest absolute Gasteiger partial charge is 0.414 e. The van der Waals surface area contributed by atoms with Crippen molar-refractivity contribution in [2.24, 2.45) is 5.73 Å². The molecule has 1 atom stereocenters. The number of anilines is 2. The molecule has 3 heterocycles. The SMILES string of the molecule is NC[C@H]1CN(c2ccc(N3CCN(C(=O)COc4ccc(CN5CCOCC5)cc4)CC3)c(F)c2)C(=O)O1. The van der Waals surface area contributed by atoms with Crippen LogP contribution in [0, 0.1) is 5.82 Å². The Morgan fingerprint density at radius 2 is 1.76 bits per heavy atom. The molecule has 0 unspecified atom stereocenters. The summed E-state index contributed by atoms with van der Waals surface area (Å²) in [6.07, 6.45) is -0.912. The molecule has 38 heavy (non-hydrogen) atoms. The van der Waals surface area contributed by atoms with Crippen molar-refractivity contribution in [3.8, 4) is 5.75 Å². The van der Waals surface area contributed by atoms with Gasteiger partial charge >= 0.3 is 6.09 Å². The lowest BCUT2D eigenvalue weighted by molar-refractivity contribution is -0.133. The summed E-state index contributed by atoms with van der Waals surface area (Å²) < 4.78 is 31.2. The molecule has 2 amide bonds. The first kappa shape index (κ1) is 26.2. The highest BCUT2D eigenvalue weighted by atomic mass is 19.1. The molecule has 11 heteroatoms.